The average Bonchev–Trinajstić information content (AvgIpc) is 3.17. The van der Waals surface area contributed by atoms with Crippen molar-refractivity contribution in [1.29, 1.82) is 0 Å². The van der Waals surface area contributed by atoms with Crippen LogP contribution in [0.5, 0.6) is 0 Å². The molecular formula is C14H17NO3S. The van der Waals surface area contributed by atoms with E-state index in [0.29, 0.717) is 13.0 Å². The number of aliphatic carboxylic acids is 1. The van der Waals surface area contributed by atoms with E-state index in [0.717, 1.165) is 10.5 Å². The summed E-state index contributed by atoms with van der Waals surface area (Å²) in [6.45, 7) is 2.49. The van der Waals surface area contributed by atoms with Crippen molar-refractivity contribution in [2.75, 3.05) is 6.26 Å². The number of benzene rings is 1. The third-order valence-corrected chi connectivity index (χ3v) is 4.16. The van der Waals surface area contributed by atoms with Crippen molar-refractivity contribution in [2.24, 2.45) is 11.8 Å². The summed E-state index contributed by atoms with van der Waals surface area (Å²) in [5.41, 5.74) is 2.26. The summed E-state index contributed by atoms with van der Waals surface area (Å²) < 4.78 is 0. The van der Waals surface area contributed by atoms with Gasteiger partial charge in [-0.25, -0.2) is 0 Å². The van der Waals surface area contributed by atoms with E-state index < -0.39 is 11.9 Å². The molecule has 1 fully saturated rings. The van der Waals surface area contributed by atoms with Gasteiger partial charge in [0.15, 0.2) is 0 Å². The molecule has 0 heterocycles. The summed E-state index contributed by atoms with van der Waals surface area (Å²) in [7, 11) is 0. The van der Waals surface area contributed by atoms with Crippen LogP contribution in [0.4, 0.5) is 0 Å². The second kappa shape index (κ2) is 5.65. The molecule has 1 aliphatic carbocycles. The highest BCUT2D eigenvalue weighted by molar-refractivity contribution is 7.98. The number of aryl methyl sites for hydroxylation is 1. The van der Waals surface area contributed by atoms with Gasteiger partial charge in [0.05, 0.1) is 11.8 Å². The highest BCUT2D eigenvalue weighted by Crippen LogP contribution is 2.38. The van der Waals surface area contributed by atoms with E-state index in [2.05, 4.69) is 11.4 Å². The van der Waals surface area contributed by atoms with E-state index in [1.807, 2.05) is 25.3 Å². The Balaban J connectivity index is 1.93. The van der Waals surface area contributed by atoms with Crippen molar-refractivity contribution in [1.82, 2.24) is 5.32 Å². The van der Waals surface area contributed by atoms with Crippen LogP contribution in [-0.2, 0) is 16.1 Å². The van der Waals surface area contributed by atoms with Crippen molar-refractivity contribution < 1.29 is 14.7 Å². The normalized spacial score (nSPS) is 20.9. The number of rotatable bonds is 5. The van der Waals surface area contributed by atoms with E-state index in [1.54, 1.807) is 11.8 Å². The van der Waals surface area contributed by atoms with Crippen LogP contribution in [0.3, 0.4) is 0 Å². The molecule has 0 radical (unpaired) electrons. The van der Waals surface area contributed by atoms with Gasteiger partial charge in [0.1, 0.15) is 0 Å². The lowest BCUT2D eigenvalue weighted by atomic mass is 10.1. The van der Waals surface area contributed by atoms with Crippen LogP contribution in [0.15, 0.2) is 23.1 Å². The Labute approximate surface area is 116 Å². The smallest absolute Gasteiger partial charge is 0.307 e. The van der Waals surface area contributed by atoms with E-state index in [-0.39, 0.29) is 11.8 Å². The van der Waals surface area contributed by atoms with Crippen molar-refractivity contribution in [3.8, 4) is 0 Å². The highest BCUT2D eigenvalue weighted by Gasteiger charge is 2.48. The molecule has 2 rings (SSSR count). The number of carboxylic acids is 1. The zero-order chi connectivity index (χ0) is 14.0. The van der Waals surface area contributed by atoms with Crippen molar-refractivity contribution >= 4 is 23.6 Å². The Hall–Kier alpha value is -1.49. The van der Waals surface area contributed by atoms with Gasteiger partial charge in [-0.05, 0) is 36.8 Å². The molecule has 102 valence electrons. The number of carbonyl (C=O) groups is 2. The maximum absolute atomic E-state index is 11.8. The molecule has 19 heavy (non-hydrogen) atoms. The monoisotopic (exact) mass is 279 g/mol. The largest absolute Gasteiger partial charge is 0.481 e. The molecule has 1 aromatic rings. The van der Waals surface area contributed by atoms with Gasteiger partial charge in [-0.15, -0.1) is 11.8 Å². The topological polar surface area (TPSA) is 66.4 Å². The molecule has 0 aliphatic heterocycles. The molecule has 1 saturated carbocycles. The number of nitrogens with one attached hydrogen (secondary N) is 1. The molecule has 2 N–H and O–H groups in total. The summed E-state index contributed by atoms with van der Waals surface area (Å²) in [6.07, 6.45) is 2.46. The molecule has 2 unspecified atom stereocenters. The third kappa shape index (κ3) is 3.29. The van der Waals surface area contributed by atoms with Crippen molar-refractivity contribution in [3.05, 3.63) is 29.3 Å². The zero-order valence-corrected chi connectivity index (χ0v) is 11.8. The van der Waals surface area contributed by atoms with Crippen LogP contribution in [-0.4, -0.2) is 23.2 Å². The molecule has 0 aromatic heterocycles. The van der Waals surface area contributed by atoms with Crippen molar-refractivity contribution in [3.63, 3.8) is 0 Å². The maximum atomic E-state index is 11.8. The van der Waals surface area contributed by atoms with Gasteiger partial charge < -0.3 is 10.4 Å². The van der Waals surface area contributed by atoms with E-state index >= 15 is 0 Å². The predicted octanol–water partition coefficient (Wildman–Crippen LogP) is 2.05. The van der Waals surface area contributed by atoms with Gasteiger partial charge in [0.25, 0.3) is 0 Å². The Bertz CT molecular complexity index is 515. The van der Waals surface area contributed by atoms with Crippen LogP contribution >= 0.6 is 11.8 Å². The first-order valence-corrected chi connectivity index (χ1v) is 7.39. The molecule has 1 aliphatic rings. The zero-order valence-electron chi connectivity index (χ0n) is 11.0. The van der Waals surface area contributed by atoms with Gasteiger partial charge in [0, 0.05) is 11.4 Å². The minimum Gasteiger partial charge on any atom is -0.481 e. The molecule has 2 atom stereocenters. The van der Waals surface area contributed by atoms with Gasteiger partial charge >= 0.3 is 5.97 Å². The highest BCUT2D eigenvalue weighted by atomic mass is 32.2. The second-order valence-corrected chi connectivity index (χ2v) is 5.67. The van der Waals surface area contributed by atoms with Crippen LogP contribution < -0.4 is 5.32 Å². The predicted molar refractivity (Wildman–Crippen MR) is 74.0 cm³/mol. The lowest BCUT2D eigenvalue weighted by Gasteiger charge is -2.09. The summed E-state index contributed by atoms with van der Waals surface area (Å²) >= 11 is 1.65. The Morgan fingerprint density at radius 1 is 1.42 bits per heavy atom. The number of hydrogen-bond acceptors (Lipinski definition) is 3. The molecule has 0 bridgehead atoms. The number of thioether (sulfide) groups is 1. The van der Waals surface area contributed by atoms with Crippen molar-refractivity contribution in [2.45, 2.75) is 24.8 Å². The Morgan fingerprint density at radius 2 is 2.16 bits per heavy atom. The van der Waals surface area contributed by atoms with Gasteiger partial charge in [-0.3, -0.25) is 9.59 Å². The summed E-state index contributed by atoms with van der Waals surface area (Å²) in [4.78, 5) is 23.6. The molecule has 1 amide bonds. The summed E-state index contributed by atoms with van der Waals surface area (Å²) in [6, 6.07) is 6.10. The summed E-state index contributed by atoms with van der Waals surface area (Å²) in [5.74, 6) is -1.86. The molecule has 4 nitrogen and oxygen atoms in total. The van der Waals surface area contributed by atoms with Crippen LogP contribution in [0, 0.1) is 18.8 Å². The standard InChI is InChI=1S/C14H17NO3S/c1-8-3-4-9(12(5-8)19-2)7-15-13(16)10-6-11(10)14(17)18/h3-5,10-11H,6-7H2,1-2H3,(H,15,16)(H,17,18). The fourth-order valence-corrected chi connectivity index (χ4v) is 2.78. The van der Waals surface area contributed by atoms with Crippen LogP contribution in [0.1, 0.15) is 17.5 Å². The molecule has 1 aromatic carbocycles. The van der Waals surface area contributed by atoms with Gasteiger partial charge in [0.2, 0.25) is 5.91 Å². The first-order chi connectivity index (χ1) is 9.02. The third-order valence-electron chi connectivity index (χ3n) is 3.34. The fraction of sp³-hybridized carbons (Fsp3) is 0.429. The lowest BCUT2D eigenvalue weighted by Crippen LogP contribution is -2.26. The fourth-order valence-electron chi connectivity index (χ4n) is 2.07. The Kier molecular flexibility index (Phi) is 4.14. The lowest BCUT2D eigenvalue weighted by molar-refractivity contribution is -0.140. The minimum atomic E-state index is -0.875. The number of carboxylic acid groups (broad SMARTS) is 1. The maximum Gasteiger partial charge on any atom is 0.307 e. The SMILES string of the molecule is CSc1cc(C)ccc1CNC(=O)C1CC1C(=O)O. The quantitative estimate of drug-likeness (QED) is 0.810. The molecular weight excluding hydrogens is 262 g/mol. The number of carbonyl (C=O) groups excluding carboxylic acids is 1. The van der Waals surface area contributed by atoms with E-state index in [4.69, 9.17) is 5.11 Å². The first kappa shape index (κ1) is 13.9. The van der Waals surface area contributed by atoms with Gasteiger partial charge in [-0.1, -0.05) is 12.1 Å². The minimum absolute atomic E-state index is 0.153. The number of hydrogen-bond donors (Lipinski definition) is 2. The van der Waals surface area contributed by atoms with E-state index in [9.17, 15) is 9.59 Å². The number of amides is 1. The molecule has 0 saturated heterocycles. The summed E-state index contributed by atoms with van der Waals surface area (Å²) in [5, 5.41) is 11.6. The molecule has 5 heteroatoms. The second-order valence-electron chi connectivity index (χ2n) is 4.82. The molecule has 0 spiro atoms. The van der Waals surface area contributed by atoms with Gasteiger partial charge in [-0.2, -0.15) is 0 Å². The van der Waals surface area contributed by atoms with Crippen LogP contribution in [0.25, 0.3) is 0 Å². The Morgan fingerprint density at radius 3 is 2.74 bits per heavy atom. The van der Waals surface area contributed by atoms with E-state index in [1.165, 1.54) is 5.56 Å². The van der Waals surface area contributed by atoms with Crippen LogP contribution in [0.2, 0.25) is 0 Å². The average molecular weight is 279 g/mol. The first-order valence-electron chi connectivity index (χ1n) is 6.17.